The average molecular weight is 302 g/mol. The molecule has 2 rings (SSSR count). The highest BCUT2D eigenvalue weighted by Crippen LogP contribution is 2.35. The summed E-state index contributed by atoms with van der Waals surface area (Å²) in [4.78, 5) is 12.1. The van der Waals surface area contributed by atoms with E-state index in [1.807, 2.05) is 0 Å². The van der Waals surface area contributed by atoms with Crippen LogP contribution in [0.5, 0.6) is 5.75 Å². The normalized spacial score (nSPS) is 23.1. The molecule has 0 spiro atoms. The summed E-state index contributed by atoms with van der Waals surface area (Å²) >= 11 is 11.6. The first kappa shape index (κ1) is 14.5. The Morgan fingerprint density at radius 1 is 1.21 bits per heavy atom. The first-order valence-corrected chi connectivity index (χ1v) is 7.22. The third-order valence-corrected chi connectivity index (χ3v) is 4.25. The summed E-state index contributed by atoms with van der Waals surface area (Å²) in [6, 6.07) is 3.01. The molecule has 0 atom stereocenters. The van der Waals surface area contributed by atoms with Crippen molar-refractivity contribution >= 4 is 34.8 Å². The summed E-state index contributed by atoms with van der Waals surface area (Å²) in [6.45, 7) is 2.22. The standard InChI is InChI=1S/C14H17Cl2NO2/c1-8-2-4-9(5-3-8)14(19)17-10-6-11(15)13(18)12(16)7-10/h6-9,18H,2-5H2,1H3,(H,17,19). The van der Waals surface area contributed by atoms with Crippen molar-refractivity contribution in [2.45, 2.75) is 32.6 Å². The van der Waals surface area contributed by atoms with Gasteiger partial charge in [0.05, 0.1) is 10.0 Å². The van der Waals surface area contributed by atoms with E-state index < -0.39 is 0 Å². The lowest BCUT2D eigenvalue weighted by Crippen LogP contribution is -2.26. The molecule has 1 saturated carbocycles. The van der Waals surface area contributed by atoms with E-state index in [9.17, 15) is 9.90 Å². The Balaban J connectivity index is 2.03. The fourth-order valence-corrected chi connectivity index (χ4v) is 2.89. The van der Waals surface area contributed by atoms with Gasteiger partial charge in [-0.1, -0.05) is 30.1 Å². The van der Waals surface area contributed by atoms with Crippen molar-refractivity contribution in [3.05, 3.63) is 22.2 Å². The zero-order valence-corrected chi connectivity index (χ0v) is 12.3. The minimum Gasteiger partial charge on any atom is -0.505 e. The van der Waals surface area contributed by atoms with Crippen LogP contribution in [0.3, 0.4) is 0 Å². The molecule has 5 heteroatoms. The van der Waals surface area contributed by atoms with Gasteiger partial charge in [0.15, 0.2) is 5.75 Å². The van der Waals surface area contributed by atoms with E-state index in [0.717, 1.165) is 25.7 Å². The maximum Gasteiger partial charge on any atom is 0.227 e. The third-order valence-electron chi connectivity index (χ3n) is 3.67. The molecule has 0 heterocycles. The van der Waals surface area contributed by atoms with E-state index in [0.29, 0.717) is 11.6 Å². The van der Waals surface area contributed by atoms with Crippen LogP contribution >= 0.6 is 23.2 Å². The van der Waals surface area contributed by atoms with Crippen LogP contribution in [-0.2, 0) is 4.79 Å². The highest BCUT2D eigenvalue weighted by molar-refractivity contribution is 6.37. The molecule has 1 aliphatic carbocycles. The van der Waals surface area contributed by atoms with E-state index in [2.05, 4.69) is 12.2 Å². The molecule has 1 amide bonds. The third kappa shape index (κ3) is 3.54. The molecule has 0 saturated heterocycles. The number of anilines is 1. The Hall–Kier alpha value is -0.930. The van der Waals surface area contributed by atoms with Crippen molar-refractivity contribution in [3.8, 4) is 5.75 Å². The summed E-state index contributed by atoms with van der Waals surface area (Å²) in [6.07, 6.45) is 4.03. The average Bonchev–Trinajstić information content (AvgIpc) is 2.36. The molecule has 104 valence electrons. The predicted molar refractivity (Wildman–Crippen MR) is 77.9 cm³/mol. The molecule has 1 fully saturated rings. The van der Waals surface area contributed by atoms with Gasteiger partial charge in [-0.25, -0.2) is 0 Å². The molecule has 19 heavy (non-hydrogen) atoms. The Bertz CT molecular complexity index is 459. The molecular weight excluding hydrogens is 285 g/mol. The molecule has 1 aliphatic rings. The lowest BCUT2D eigenvalue weighted by atomic mass is 9.82. The van der Waals surface area contributed by atoms with Gasteiger partial charge in [-0.3, -0.25) is 4.79 Å². The van der Waals surface area contributed by atoms with Crippen LogP contribution in [0.2, 0.25) is 10.0 Å². The van der Waals surface area contributed by atoms with Gasteiger partial charge >= 0.3 is 0 Å². The number of aromatic hydroxyl groups is 1. The Kier molecular flexibility index (Phi) is 4.58. The van der Waals surface area contributed by atoms with Crippen LogP contribution in [0, 0.1) is 11.8 Å². The minimum absolute atomic E-state index is 0.00437. The van der Waals surface area contributed by atoms with Crippen LogP contribution in [0.1, 0.15) is 32.6 Å². The monoisotopic (exact) mass is 301 g/mol. The van der Waals surface area contributed by atoms with Crippen LogP contribution in [0.4, 0.5) is 5.69 Å². The Labute approximate surface area is 122 Å². The number of rotatable bonds is 2. The molecule has 0 unspecified atom stereocenters. The molecule has 0 radical (unpaired) electrons. The fourth-order valence-electron chi connectivity index (χ4n) is 2.40. The number of phenolic OH excluding ortho intramolecular Hbond substituents is 1. The number of nitrogens with one attached hydrogen (secondary N) is 1. The van der Waals surface area contributed by atoms with Gasteiger partial charge in [-0.15, -0.1) is 0 Å². The summed E-state index contributed by atoms with van der Waals surface area (Å²) in [5.41, 5.74) is 0.524. The summed E-state index contributed by atoms with van der Waals surface area (Å²) in [5.74, 6) is 0.613. The molecular formula is C14H17Cl2NO2. The summed E-state index contributed by atoms with van der Waals surface area (Å²) in [7, 11) is 0. The molecule has 1 aromatic rings. The highest BCUT2D eigenvalue weighted by Gasteiger charge is 2.24. The van der Waals surface area contributed by atoms with Gasteiger partial charge in [0.2, 0.25) is 5.91 Å². The molecule has 3 nitrogen and oxygen atoms in total. The Morgan fingerprint density at radius 2 is 1.74 bits per heavy atom. The maximum absolute atomic E-state index is 12.1. The first-order valence-electron chi connectivity index (χ1n) is 6.46. The number of halogens is 2. The second-order valence-electron chi connectivity index (χ2n) is 5.23. The van der Waals surface area contributed by atoms with E-state index >= 15 is 0 Å². The van der Waals surface area contributed by atoms with Crippen LogP contribution in [-0.4, -0.2) is 11.0 Å². The Morgan fingerprint density at radius 3 is 2.26 bits per heavy atom. The number of carbonyl (C=O) groups excluding carboxylic acids is 1. The van der Waals surface area contributed by atoms with E-state index in [1.165, 1.54) is 12.1 Å². The van der Waals surface area contributed by atoms with Crippen molar-refractivity contribution < 1.29 is 9.90 Å². The molecule has 1 aromatic carbocycles. The van der Waals surface area contributed by atoms with Crippen molar-refractivity contribution in [2.24, 2.45) is 11.8 Å². The zero-order chi connectivity index (χ0) is 14.0. The zero-order valence-electron chi connectivity index (χ0n) is 10.7. The van der Waals surface area contributed by atoms with Crippen LogP contribution in [0.15, 0.2) is 12.1 Å². The van der Waals surface area contributed by atoms with E-state index in [-0.39, 0.29) is 27.6 Å². The number of amides is 1. The van der Waals surface area contributed by atoms with Crippen LogP contribution in [0.25, 0.3) is 0 Å². The van der Waals surface area contributed by atoms with Gasteiger partial charge < -0.3 is 10.4 Å². The minimum atomic E-state index is -0.159. The smallest absolute Gasteiger partial charge is 0.227 e. The number of hydrogen-bond acceptors (Lipinski definition) is 2. The topological polar surface area (TPSA) is 49.3 Å². The number of hydrogen-bond donors (Lipinski definition) is 2. The molecule has 0 aliphatic heterocycles. The van der Waals surface area contributed by atoms with Gasteiger partial charge in [0.1, 0.15) is 0 Å². The lowest BCUT2D eigenvalue weighted by Gasteiger charge is -2.25. The molecule has 0 aromatic heterocycles. The summed E-state index contributed by atoms with van der Waals surface area (Å²) in [5, 5.41) is 12.6. The second-order valence-corrected chi connectivity index (χ2v) is 6.05. The number of carbonyl (C=O) groups is 1. The largest absolute Gasteiger partial charge is 0.505 e. The van der Waals surface area contributed by atoms with Gasteiger partial charge in [-0.2, -0.15) is 0 Å². The maximum atomic E-state index is 12.1. The van der Waals surface area contributed by atoms with Gasteiger partial charge in [0.25, 0.3) is 0 Å². The number of phenols is 1. The van der Waals surface area contributed by atoms with Gasteiger partial charge in [-0.05, 0) is 43.7 Å². The molecule has 2 N–H and O–H groups in total. The van der Waals surface area contributed by atoms with Crippen molar-refractivity contribution in [3.63, 3.8) is 0 Å². The van der Waals surface area contributed by atoms with Crippen molar-refractivity contribution in [2.75, 3.05) is 5.32 Å². The SMILES string of the molecule is CC1CCC(C(=O)Nc2cc(Cl)c(O)c(Cl)c2)CC1. The highest BCUT2D eigenvalue weighted by atomic mass is 35.5. The van der Waals surface area contributed by atoms with Crippen LogP contribution < -0.4 is 5.32 Å². The number of benzene rings is 1. The van der Waals surface area contributed by atoms with Gasteiger partial charge in [0, 0.05) is 11.6 Å². The molecule has 0 bridgehead atoms. The quantitative estimate of drug-likeness (QED) is 0.792. The predicted octanol–water partition coefficient (Wildman–Crippen LogP) is 4.46. The first-order chi connectivity index (χ1) is 8.97. The van der Waals surface area contributed by atoms with E-state index in [1.54, 1.807) is 0 Å². The fraction of sp³-hybridized carbons (Fsp3) is 0.500. The van der Waals surface area contributed by atoms with E-state index in [4.69, 9.17) is 23.2 Å². The summed E-state index contributed by atoms with van der Waals surface area (Å²) < 4.78 is 0. The second kappa shape index (κ2) is 6.02. The van der Waals surface area contributed by atoms with Crippen molar-refractivity contribution in [1.29, 1.82) is 0 Å². The lowest BCUT2D eigenvalue weighted by molar-refractivity contribution is -0.121. The van der Waals surface area contributed by atoms with Crippen molar-refractivity contribution in [1.82, 2.24) is 0 Å².